The number of nitrogens with one attached hydrogen (secondary N) is 1. The molecular formula is C17H21F3N4O4S. The molecule has 0 fully saturated rings. The first-order valence-corrected chi connectivity index (χ1v) is 10.1. The van der Waals surface area contributed by atoms with Gasteiger partial charge in [0.15, 0.2) is 5.69 Å². The van der Waals surface area contributed by atoms with E-state index in [2.05, 4.69) is 10.4 Å². The van der Waals surface area contributed by atoms with Crippen molar-refractivity contribution >= 4 is 21.6 Å². The number of carbonyl (C=O) groups excluding carboxylic acids is 1. The van der Waals surface area contributed by atoms with Crippen LogP contribution in [0.1, 0.15) is 19.5 Å². The number of amides is 1. The van der Waals surface area contributed by atoms with Crippen LogP contribution in [0.2, 0.25) is 0 Å². The Bertz CT molecular complexity index is 969. The van der Waals surface area contributed by atoms with Crippen molar-refractivity contribution in [2.45, 2.75) is 31.5 Å². The van der Waals surface area contributed by atoms with E-state index in [0.29, 0.717) is 0 Å². The molecule has 1 aromatic heterocycles. The molecule has 0 aliphatic heterocycles. The van der Waals surface area contributed by atoms with Crippen molar-refractivity contribution in [2.75, 3.05) is 25.5 Å². The van der Waals surface area contributed by atoms with Crippen molar-refractivity contribution in [2.24, 2.45) is 0 Å². The van der Waals surface area contributed by atoms with Crippen LogP contribution in [0.15, 0.2) is 35.4 Å². The van der Waals surface area contributed by atoms with E-state index in [0.717, 1.165) is 16.9 Å². The van der Waals surface area contributed by atoms with E-state index < -0.39 is 34.3 Å². The van der Waals surface area contributed by atoms with Crippen molar-refractivity contribution in [3.8, 4) is 5.75 Å². The molecule has 0 radical (unpaired) electrons. The summed E-state index contributed by atoms with van der Waals surface area (Å²) in [6, 6.07) is 4.74. The number of aromatic nitrogens is 2. The van der Waals surface area contributed by atoms with Gasteiger partial charge in [-0.3, -0.25) is 9.48 Å². The molecule has 1 heterocycles. The van der Waals surface area contributed by atoms with Crippen molar-refractivity contribution in [1.82, 2.24) is 14.1 Å². The van der Waals surface area contributed by atoms with Crippen LogP contribution in [0.25, 0.3) is 0 Å². The van der Waals surface area contributed by atoms with Gasteiger partial charge in [-0.15, -0.1) is 0 Å². The Labute approximate surface area is 166 Å². The molecule has 1 N–H and O–H groups in total. The summed E-state index contributed by atoms with van der Waals surface area (Å²) in [4.78, 5) is 12.2. The van der Waals surface area contributed by atoms with Crippen molar-refractivity contribution in [3.63, 3.8) is 0 Å². The minimum atomic E-state index is -4.61. The van der Waals surface area contributed by atoms with Gasteiger partial charge in [-0.2, -0.15) is 22.6 Å². The zero-order valence-corrected chi connectivity index (χ0v) is 16.8. The largest absolute Gasteiger partial charge is 0.495 e. The number of nitrogens with zero attached hydrogens (tertiary/aromatic N) is 3. The van der Waals surface area contributed by atoms with Gasteiger partial charge in [0, 0.05) is 19.3 Å². The van der Waals surface area contributed by atoms with E-state index in [1.807, 2.05) is 0 Å². The molecule has 0 saturated carbocycles. The highest BCUT2D eigenvalue weighted by Gasteiger charge is 2.33. The second kappa shape index (κ2) is 8.82. The zero-order valence-electron chi connectivity index (χ0n) is 16.0. The number of benzene rings is 1. The topological polar surface area (TPSA) is 93.5 Å². The van der Waals surface area contributed by atoms with E-state index in [-0.39, 0.29) is 29.4 Å². The van der Waals surface area contributed by atoms with Gasteiger partial charge in [0.05, 0.1) is 17.7 Å². The minimum absolute atomic E-state index is 0.0456. The Morgan fingerprint density at radius 3 is 2.41 bits per heavy atom. The quantitative estimate of drug-likeness (QED) is 0.689. The third-order valence-electron chi connectivity index (χ3n) is 4.02. The van der Waals surface area contributed by atoms with Gasteiger partial charge < -0.3 is 10.1 Å². The predicted octanol–water partition coefficient (Wildman–Crippen LogP) is 2.58. The standard InChI is InChI=1S/C17H21F3N4O4S/c1-4-24(5-2)29(26,27)12-6-7-14(28-3)13(10-12)21-16(25)11-23-9-8-15(22-23)17(18,19)20/h6-10H,4-5,11H2,1-3H3,(H,21,25). The first-order valence-electron chi connectivity index (χ1n) is 8.61. The number of alkyl halides is 3. The third kappa shape index (κ3) is 5.26. The molecule has 160 valence electrons. The molecule has 29 heavy (non-hydrogen) atoms. The summed E-state index contributed by atoms with van der Waals surface area (Å²) in [6.45, 7) is 3.45. The molecule has 0 spiro atoms. The second-order valence-corrected chi connectivity index (χ2v) is 7.83. The maximum absolute atomic E-state index is 12.7. The highest BCUT2D eigenvalue weighted by atomic mass is 32.2. The maximum Gasteiger partial charge on any atom is 0.435 e. The fourth-order valence-corrected chi connectivity index (χ4v) is 4.08. The van der Waals surface area contributed by atoms with Crippen LogP contribution in [-0.2, 0) is 27.5 Å². The molecule has 0 saturated heterocycles. The minimum Gasteiger partial charge on any atom is -0.495 e. The van der Waals surface area contributed by atoms with Crippen LogP contribution in [0.4, 0.5) is 18.9 Å². The number of hydrogen-bond donors (Lipinski definition) is 1. The SMILES string of the molecule is CCN(CC)S(=O)(=O)c1ccc(OC)c(NC(=O)Cn2ccc(C(F)(F)F)n2)c1. The van der Waals surface area contributed by atoms with Crippen LogP contribution in [0.5, 0.6) is 5.75 Å². The summed E-state index contributed by atoms with van der Waals surface area (Å²) in [5, 5.41) is 5.76. The van der Waals surface area contributed by atoms with Gasteiger partial charge in [-0.25, -0.2) is 8.42 Å². The summed E-state index contributed by atoms with van der Waals surface area (Å²) in [5.74, 6) is -0.495. The van der Waals surface area contributed by atoms with Crippen molar-refractivity contribution in [1.29, 1.82) is 0 Å². The fraction of sp³-hybridized carbons (Fsp3) is 0.412. The van der Waals surface area contributed by atoms with E-state index >= 15 is 0 Å². The average Bonchev–Trinajstić information content (AvgIpc) is 3.11. The zero-order chi connectivity index (χ0) is 21.8. The van der Waals surface area contributed by atoms with Crippen LogP contribution in [0.3, 0.4) is 0 Å². The lowest BCUT2D eigenvalue weighted by Crippen LogP contribution is -2.30. The molecule has 1 amide bonds. The molecular weight excluding hydrogens is 413 g/mol. The van der Waals surface area contributed by atoms with Gasteiger partial charge in [0.25, 0.3) is 0 Å². The summed E-state index contributed by atoms with van der Waals surface area (Å²) in [6.07, 6.45) is -3.58. The smallest absolute Gasteiger partial charge is 0.435 e. The normalized spacial score (nSPS) is 12.2. The van der Waals surface area contributed by atoms with Gasteiger partial charge in [-0.05, 0) is 24.3 Å². The first kappa shape index (κ1) is 22.7. The van der Waals surface area contributed by atoms with Crippen LogP contribution < -0.4 is 10.1 Å². The predicted molar refractivity (Wildman–Crippen MR) is 99.0 cm³/mol. The maximum atomic E-state index is 12.7. The molecule has 2 aromatic rings. The Morgan fingerprint density at radius 2 is 1.90 bits per heavy atom. The molecule has 8 nitrogen and oxygen atoms in total. The lowest BCUT2D eigenvalue weighted by molar-refractivity contribution is -0.141. The number of anilines is 1. The third-order valence-corrected chi connectivity index (χ3v) is 6.07. The Hall–Kier alpha value is -2.60. The molecule has 0 bridgehead atoms. The highest BCUT2D eigenvalue weighted by Crippen LogP contribution is 2.29. The molecule has 2 rings (SSSR count). The van der Waals surface area contributed by atoms with Crippen LogP contribution in [0, 0.1) is 0 Å². The summed E-state index contributed by atoms with van der Waals surface area (Å²) in [5.41, 5.74) is -1.04. The highest BCUT2D eigenvalue weighted by molar-refractivity contribution is 7.89. The van der Waals surface area contributed by atoms with Gasteiger partial charge in [-0.1, -0.05) is 13.8 Å². The fourth-order valence-electron chi connectivity index (χ4n) is 2.60. The van der Waals surface area contributed by atoms with Gasteiger partial charge in [0.2, 0.25) is 15.9 Å². The first-order chi connectivity index (χ1) is 13.5. The van der Waals surface area contributed by atoms with Crippen molar-refractivity contribution < 1.29 is 31.1 Å². The molecule has 1 aromatic carbocycles. The Kier molecular flexibility index (Phi) is 6.90. The number of methoxy groups -OCH3 is 1. The van der Waals surface area contributed by atoms with Gasteiger partial charge >= 0.3 is 6.18 Å². The van der Waals surface area contributed by atoms with E-state index in [1.54, 1.807) is 13.8 Å². The number of sulfonamides is 1. The number of rotatable bonds is 8. The number of carbonyl (C=O) groups is 1. The van der Waals surface area contributed by atoms with Gasteiger partial charge in [0.1, 0.15) is 12.3 Å². The van der Waals surface area contributed by atoms with E-state index in [9.17, 15) is 26.4 Å². The number of hydrogen-bond acceptors (Lipinski definition) is 5. The number of halogens is 3. The summed E-state index contributed by atoms with van der Waals surface area (Å²) >= 11 is 0. The van der Waals surface area contributed by atoms with E-state index in [4.69, 9.17) is 4.74 Å². The summed E-state index contributed by atoms with van der Waals surface area (Å²) < 4.78 is 70.4. The molecule has 0 unspecified atom stereocenters. The molecule has 12 heteroatoms. The van der Waals surface area contributed by atoms with E-state index in [1.165, 1.54) is 29.6 Å². The monoisotopic (exact) mass is 434 g/mol. The average molecular weight is 434 g/mol. The lowest BCUT2D eigenvalue weighted by atomic mass is 10.3. The second-order valence-electron chi connectivity index (χ2n) is 5.90. The molecule has 0 aliphatic rings. The molecule has 0 aliphatic carbocycles. The Morgan fingerprint density at radius 1 is 1.24 bits per heavy atom. The van der Waals surface area contributed by atoms with Crippen LogP contribution in [-0.4, -0.2) is 48.6 Å². The lowest BCUT2D eigenvalue weighted by Gasteiger charge is -2.19. The van der Waals surface area contributed by atoms with Crippen LogP contribution >= 0.6 is 0 Å². The summed E-state index contributed by atoms with van der Waals surface area (Å²) in [7, 11) is -2.43. The number of ether oxygens (including phenoxy) is 1. The van der Waals surface area contributed by atoms with Crippen molar-refractivity contribution in [3.05, 3.63) is 36.2 Å². The Balaban J connectivity index is 2.25. The molecule has 0 atom stereocenters.